The van der Waals surface area contributed by atoms with E-state index in [4.69, 9.17) is 5.11 Å². The van der Waals surface area contributed by atoms with E-state index in [1.54, 1.807) is 19.1 Å². The molecule has 25 heavy (non-hydrogen) atoms. The van der Waals surface area contributed by atoms with Gasteiger partial charge in [-0.2, -0.15) is 4.31 Å². The average Bonchev–Trinajstić information content (AvgIpc) is 2.60. The molecule has 0 aliphatic carbocycles. The van der Waals surface area contributed by atoms with Gasteiger partial charge in [-0.05, 0) is 47.7 Å². The molecule has 1 aliphatic rings. The fourth-order valence-electron chi connectivity index (χ4n) is 2.98. The van der Waals surface area contributed by atoms with Crippen LogP contribution in [0.15, 0.2) is 53.4 Å². The van der Waals surface area contributed by atoms with Crippen molar-refractivity contribution in [3.05, 3.63) is 70.8 Å². The standard InChI is InChI=1S/C19H19NO4S/c1-14-6-7-15(8-9-19(21)22)12-18(14)25(23,24)20-11-10-16-4-2-3-5-17(16)13-20/h2-9,12H,10-11,13H2,1H3,(H,21,22)/b9-8+. The molecule has 2 aromatic carbocycles. The Kier molecular flexibility index (Phi) is 4.74. The third-order valence-electron chi connectivity index (χ3n) is 4.34. The molecular weight excluding hydrogens is 338 g/mol. The highest BCUT2D eigenvalue weighted by molar-refractivity contribution is 7.89. The second-order valence-corrected chi connectivity index (χ2v) is 7.96. The lowest BCUT2D eigenvalue weighted by molar-refractivity contribution is -0.131. The van der Waals surface area contributed by atoms with Crippen LogP contribution in [-0.4, -0.2) is 30.3 Å². The van der Waals surface area contributed by atoms with E-state index in [0.29, 0.717) is 30.6 Å². The summed E-state index contributed by atoms with van der Waals surface area (Å²) in [5, 5.41) is 8.74. The van der Waals surface area contributed by atoms with Crippen LogP contribution in [-0.2, 0) is 27.8 Å². The molecule has 0 spiro atoms. The molecule has 2 aromatic rings. The number of carbonyl (C=O) groups is 1. The number of hydrogen-bond acceptors (Lipinski definition) is 3. The van der Waals surface area contributed by atoms with Crippen molar-refractivity contribution in [3.63, 3.8) is 0 Å². The van der Waals surface area contributed by atoms with Crippen molar-refractivity contribution in [3.8, 4) is 0 Å². The highest BCUT2D eigenvalue weighted by atomic mass is 32.2. The number of fused-ring (bicyclic) bond motifs is 1. The summed E-state index contributed by atoms with van der Waals surface area (Å²) in [7, 11) is -3.64. The predicted octanol–water partition coefficient (Wildman–Crippen LogP) is 2.84. The normalized spacial score (nSPS) is 15.2. The summed E-state index contributed by atoms with van der Waals surface area (Å²) >= 11 is 0. The number of rotatable bonds is 4. The Bertz CT molecular complexity index is 948. The first-order valence-electron chi connectivity index (χ1n) is 7.96. The maximum Gasteiger partial charge on any atom is 0.328 e. The van der Waals surface area contributed by atoms with E-state index in [9.17, 15) is 13.2 Å². The van der Waals surface area contributed by atoms with Gasteiger partial charge in [-0.15, -0.1) is 0 Å². The Morgan fingerprint density at radius 1 is 1.16 bits per heavy atom. The molecule has 0 saturated carbocycles. The Balaban J connectivity index is 1.95. The zero-order valence-electron chi connectivity index (χ0n) is 13.8. The molecule has 0 unspecified atom stereocenters. The first-order valence-corrected chi connectivity index (χ1v) is 9.40. The Morgan fingerprint density at radius 2 is 1.88 bits per heavy atom. The molecule has 1 aliphatic heterocycles. The minimum absolute atomic E-state index is 0.222. The molecule has 0 radical (unpaired) electrons. The van der Waals surface area contributed by atoms with E-state index in [1.165, 1.54) is 22.0 Å². The lowest BCUT2D eigenvalue weighted by Gasteiger charge is -2.28. The smallest absolute Gasteiger partial charge is 0.328 e. The number of benzene rings is 2. The molecule has 0 atom stereocenters. The third kappa shape index (κ3) is 3.65. The first kappa shape index (κ1) is 17.4. The van der Waals surface area contributed by atoms with Gasteiger partial charge < -0.3 is 5.11 Å². The fourth-order valence-corrected chi connectivity index (χ4v) is 4.66. The van der Waals surface area contributed by atoms with E-state index in [1.807, 2.05) is 24.3 Å². The largest absolute Gasteiger partial charge is 0.478 e. The van der Waals surface area contributed by atoms with Crippen LogP contribution in [0, 0.1) is 6.92 Å². The van der Waals surface area contributed by atoms with Crippen molar-refractivity contribution in [2.24, 2.45) is 0 Å². The summed E-state index contributed by atoms with van der Waals surface area (Å²) in [6.07, 6.45) is 3.08. The SMILES string of the molecule is Cc1ccc(/C=C/C(=O)O)cc1S(=O)(=O)N1CCc2ccccc2C1. The number of sulfonamides is 1. The van der Waals surface area contributed by atoms with E-state index in [-0.39, 0.29) is 4.90 Å². The van der Waals surface area contributed by atoms with Gasteiger partial charge in [-0.25, -0.2) is 13.2 Å². The molecule has 0 bridgehead atoms. The van der Waals surface area contributed by atoms with Crippen LogP contribution >= 0.6 is 0 Å². The van der Waals surface area contributed by atoms with Crippen molar-refractivity contribution in [2.45, 2.75) is 24.8 Å². The van der Waals surface area contributed by atoms with Gasteiger partial charge in [0.15, 0.2) is 0 Å². The van der Waals surface area contributed by atoms with Gasteiger partial charge in [0, 0.05) is 19.2 Å². The van der Waals surface area contributed by atoms with Gasteiger partial charge in [-0.1, -0.05) is 36.4 Å². The maximum absolute atomic E-state index is 13.1. The van der Waals surface area contributed by atoms with Crippen LogP contribution in [0.3, 0.4) is 0 Å². The summed E-state index contributed by atoms with van der Waals surface area (Å²) in [6, 6.07) is 12.8. The number of carboxylic acid groups (broad SMARTS) is 1. The molecule has 3 rings (SSSR count). The molecule has 1 heterocycles. The lowest BCUT2D eigenvalue weighted by atomic mass is 10.0. The first-order chi connectivity index (χ1) is 11.9. The molecule has 6 heteroatoms. The van der Waals surface area contributed by atoms with Crippen LogP contribution in [0.5, 0.6) is 0 Å². The molecule has 1 N–H and O–H groups in total. The second-order valence-electron chi connectivity index (χ2n) is 6.05. The molecule has 0 aromatic heterocycles. The summed E-state index contributed by atoms with van der Waals surface area (Å²) in [6.45, 7) is 2.54. The third-order valence-corrected chi connectivity index (χ3v) is 6.33. The van der Waals surface area contributed by atoms with E-state index in [2.05, 4.69) is 0 Å². The van der Waals surface area contributed by atoms with Crippen molar-refractivity contribution in [2.75, 3.05) is 6.54 Å². The van der Waals surface area contributed by atoms with Gasteiger partial charge in [0.2, 0.25) is 10.0 Å². The van der Waals surface area contributed by atoms with Crippen LogP contribution in [0.25, 0.3) is 6.08 Å². The number of hydrogen-bond donors (Lipinski definition) is 1. The molecule has 0 fully saturated rings. The summed E-state index contributed by atoms with van der Waals surface area (Å²) in [5.74, 6) is -1.07. The Labute approximate surface area is 147 Å². The van der Waals surface area contributed by atoms with Crippen LogP contribution in [0.2, 0.25) is 0 Å². The predicted molar refractivity (Wildman–Crippen MR) is 95.6 cm³/mol. The van der Waals surface area contributed by atoms with E-state index in [0.717, 1.165) is 11.6 Å². The minimum Gasteiger partial charge on any atom is -0.478 e. The number of nitrogens with zero attached hydrogens (tertiary/aromatic N) is 1. The zero-order chi connectivity index (χ0) is 18.0. The van der Waals surface area contributed by atoms with Crippen LogP contribution in [0.4, 0.5) is 0 Å². The number of aryl methyl sites for hydroxylation is 1. The van der Waals surface area contributed by atoms with E-state index < -0.39 is 16.0 Å². The number of aliphatic carboxylic acids is 1. The van der Waals surface area contributed by atoms with Gasteiger partial charge in [0.1, 0.15) is 0 Å². The van der Waals surface area contributed by atoms with Gasteiger partial charge in [0.05, 0.1) is 4.90 Å². The van der Waals surface area contributed by atoms with Gasteiger partial charge >= 0.3 is 5.97 Å². The van der Waals surface area contributed by atoms with Crippen LogP contribution < -0.4 is 0 Å². The summed E-state index contributed by atoms with van der Waals surface area (Å²) in [5.41, 5.74) is 3.40. The molecule has 5 nitrogen and oxygen atoms in total. The quantitative estimate of drug-likeness (QED) is 0.854. The van der Waals surface area contributed by atoms with E-state index >= 15 is 0 Å². The highest BCUT2D eigenvalue weighted by Gasteiger charge is 2.29. The molecule has 130 valence electrons. The summed E-state index contributed by atoms with van der Waals surface area (Å²) in [4.78, 5) is 10.9. The minimum atomic E-state index is -3.64. The monoisotopic (exact) mass is 357 g/mol. The lowest BCUT2D eigenvalue weighted by Crippen LogP contribution is -2.36. The van der Waals surface area contributed by atoms with Gasteiger partial charge in [-0.3, -0.25) is 0 Å². The molecular formula is C19H19NO4S. The van der Waals surface area contributed by atoms with Crippen molar-refractivity contribution in [1.29, 1.82) is 0 Å². The van der Waals surface area contributed by atoms with Crippen molar-refractivity contribution >= 4 is 22.1 Å². The molecule has 0 saturated heterocycles. The molecule has 0 amide bonds. The highest BCUT2D eigenvalue weighted by Crippen LogP contribution is 2.27. The van der Waals surface area contributed by atoms with Crippen molar-refractivity contribution in [1.82, 2.24) is 4.31 Å². The Morgan fingerprint density at radius 3 is 2.60 bits per heavy atom. The second kappa shape index (κ2) is 6.82. The number of carboxylic acids is 1. The zero-order valence-corrected chi connectivity index (χ0v) is 14.7. The van der Waals surface area contributed by atoms with Gasteiger partial charge in [0.25, 0.3) is 0 Å². The Hall–Kier alpha value is -2.44. The van der Waals surface area contributed by atoms with Crippen LogP contribution in [0.1, 0.15) is 22.3 Å². The summed E-state index contributed by atoms with van der Waals surface area (Å²) < 4.78 is 27.7. The fraction of sp³-hybridized carbons (Fsp3) is 0.211. The average molecular weight is 357 g/mol. The van der Waals surface area contributed by atoms with Crippen molar-refractivity contribution < 1.29 is 18.3 Å². The topological polar surface area (TPSA) is 74.7 Å². The maximum atomic E-state index is 13.1.